The minimum Gasteiger partial charge on any atom is -0.490 e. The number of benzene rings is 1. The third-order valence-electron chi connectivity index (χ3n) is 1.60. The maximum absolute atomic E-state index is 13.2. The van der Waals surface area contributed by atoms with Crippen LogP contribution >= 0.6 is 15.9 Å². The Labute approximate surface area is 92.2 Å². The molecule has 0 saturated heterocycles. The van der Waals surface area contributed by atoms with E-state index < -0.39 is 23.3 Å². The molecule has 0 radical (unpaired) electrons. The number of ether oxygens (including phenoxy) is 1. The molecule has 0 aromatic heterocycles. The average Bonchev–Trinajstić information content (AvgIpc) is 2.07. The Morgan fingerprint density at radius 1 is 1.33 bits per heavy atom. The van der Waals surface area contributed by atoms with Crippen molar-refractivity contribution in [1.29, 1.82) is 0 Å². The fourth-order valence-electron chi connectivity index (χ4n) is 1.06. The Bertz CT molecular complexity index is 362. The van der Waals surface area contributed by atoms with Gasteiger partial charge in [0.05, 0.1) is 6.61 Å². The summed E-state index contributed by atoms with van der Waals surface area (Å²) < 4.78 is 55.2. The van der Waals surface area contributed by atoms with E-state index in [-0.39, 0.29) is 11.1 Å². The number of hydrogen-bond donors (Lipinski definition) is 0. The van der Waals surface area contributed by atoms with Crippen molar-refractivity contribution in [3.05, 3.63) is 28.0 Å². The van der Waals surface area contributed by atoms with Crippen LogP contribution in [0.5, 0.6) is 5.75 Å². The fraction of sp³-hybridized carbons (Fsp3) is 0.333. The number of rotatable bonds is 2. The standard InChI is InChI=1S/C9H7BrF4O/c1-2-15-8-6(9(12,13)14)3-5(10)4-7(8)11/h3-4H,2H2,1H3. The summed E-state index contributed by atoms with van der Waals surface area (Å²) in [6.07, 6.45) is -4.63. The summed E-state index contributed by atoms with van der Waals surface area (Å²) in [5.74, 6) is -1.79. The van der Waals surface area contributed by atoms with Crippen molar-refractivity contribution < 1.29 is 22.3 Å². The Hall–Kier alpha value is -0.780. The predicted molar refractivity (Wildman–Crippen MR) is 50.3 cm³/mol. The number of halogens is 5. The zero-order valence-electron chi connectivity index (χ0n) is 7.66. The van der Waals surface area contributed by atoms with Crippen LogP contribution < -0.4 is 4.74 Å². The van der Waals surface area contributed by atoms with Gasteiger partial charge < -0.3 is 4.74 Å². The molecule has 0 atom stereocenters. The van der Waals surface area contributed by atoms with Gasteiger partial charge in [-0.2, -0.15) is 13.2 Å². The highest BCUT2D eigenvalue weighted by molar-refractivity contribution is 9.10. The summed E-state index contributed by atoms with van der Waals surface area (Å²) in [7, 11) is 0. The minimum absolute atomic E-state index is 0.0239. The van der Waals surface area contributed by atoms with Crippen LogP contribution in [0, 0.1) is 5.82 Å². The molecule has 0 unspecified atom stereocenters. The molecule has 0 fully saturated rings. The summed E-state index contributed by atoms with van der Waals surface area (Å²) in [6, 6.07) is 1.72. The quantitative estimate of drug-likeness (QED) is 0.747. The van der Waals surface area contributed by atoms with E-state index in [0.717, 1.165) is 12.1 Å². The van der Waals surface area contributed by atoms with E-state index in [2.05, 4.69) is 20.7 Å². The SMILES string of the molecule is CCOc1c(F)cc(Br)cc1C(F)(F)F. The topological polar surface area (TPSA) is 9.23 Å². The number of alkyl halides is 3. The van der Waals surface area contributed by atoms with E-state index in [0.29, 0.717) is 0 Å². The maximum Gasteiger partial charge on any atom is 0.420 e. The molecule has 0 amide bonds. The van der Waals surface area contributed by atoms with E-state index in [4.69, 9.17) is 0 Å². The van der Waals surface area contributed by atoms with Crippen LogP contribution in [0.3, 0.4) is 0 Å². The van der Waals surface area contributed by atoms with Gasteiger partial charge in [0.2, 0.25) is 0 Å². The lowest BCUT2D eigenvalue weighted by Gasteiger charge is -2.14. The van der Waals surface area contributed by atoms with Gasteiger partial charge in [0.1, 0.15) is 5.56 Å². The van der Waals surface area contributed by atoms with Gasteiger partial charge in [0, 0.05) is 4.47 Å². The van der Waals surface area contributed by atoms with Crippen LogP contribution in [-0.4, -0.2) is 6.61 Å². The monoisotopic (exact) mass is 286 g/mol. The first-order chi connectivity index (χ1) is 6.86. The zero-order chi connectivity index (χ0) is 11.6. The molecule has 0 N–H and O–H groups in total. The Morgan fingerprint density at radius 2 is 1.93 bits per heavy atom. The molecule has 84 valence electrons. The molecule has 0 aliphatic heterocycles. The Kier molecular flexibility index (Phi) is 3.59. The van der Waals surface area contributed by atoms with E-state index in [1.165, 1.54) is 6.92 Å². The second-order valence-corrected chi connectivity index (χ2v) is 3.61. The van der Waals surface area contributed by atoms with Crippen LogP contribution in [-0.2, 0) is 6.18 Å². The highest BCUT2D eigenvalue weighted by Crippen LogP contribution is 2.39. The molecule has 1 rings (SSSR count). The normalized spacial score (nSPS) is 11.6. The van der Waals surface area contributed by atoms with Crippen molar-refractivity contribution in [2.45, 2.75) is 13.1 Å². The molecule has 0 bridgehead atoms. The fourth-order valence-corrected chi connectivity index (χ4v) is 1.49. The lowest BCUT2D eigenvalue weighted by molar-refractivity contribution is -0.139. The van der Waals surface area contributed by atoms with Crippen molar-refractivity contribution in [3.8, 4) is 5.75 Å². The zero-order valence-corrected chi connectivity index (χ0v) is 9.25. The number of hydrogen-bond acceptors (Lipinski definition) is 1. The molecule has 0 spiro atoms. The molecule has 0 aliphatic rings. The van der Waals surface area contributed by atoms with Gasteiger partial charge in [-0.25, -0.2) is 4.39 Å². The minimum atomic E-state index is -4.63. The molecular weight excluding hydrogens is 280 g/mol. The highest BCUT2D eigenvalue weighted by atomic mass is 79.9. The lowest BCUT2D eigenvalue weighted by Crippen LogP contribution is -2.10. The largest absolute Gasteiger partial charge is 0.490 e. The molecule has 1 nitrogen and oxygen atoms in total. The smallest absolute Gasteiger partial charge is 0.420 e. The van der Waals surface area contributed by atoms with Gasteiger partial charge >= 0.3 is 6.18 Å². The van der Waals surface area contributed by atoms with Crippen molar-refractivity contribution in [2.75, 3.05) is 6.61 Å². The van der Waals surface area contributed by atoms with E-state index >= 15 is 0 Å². The van der Waals surface area contributed by atoms with Gasteiger partial charge in [-0.05, 0) is 19.1 Å². The van der Waals surface area contributed by atoms with Crippen molar-refractivity contribution >= 4 is 15.9 Å². The van der Waals surface area contributed by atoms with E-state index in [9.17, 15) is 17.6 Å². The average molecular weight is 287 g/mol. The molecule has 15 heavy (non-hydrogen) atoms. The highest BCUT2D eigenvalue weighted by Gasteiger charge is 2.36. The van der Waals surface area contributed by atoms with Gasteiger partial charge in [0.25, 0.3) is 0 Å². The van der Waals surface area contributed by atoms with Gasteiger partial charge in [-0.3, -0.25) is 0 Å². The maximum atomic E-state index is 13.2. The molecule has 0 saturated carbocycles. The summed E-state index contributed by atoms with van der Waals surface area (Å²) in [4.78, 5) is 0. The molecule has 1 aromatic carbocycles. The molecule has 1 aromatic rings. The van der Waals surface area contributed by atoms with Crippen molar-refractivity contribution in [3.63, 3.8) is 0 Å². The Balaban J connectivity index is 3.33. The molecule has 6 heteroatoms. The van der Waals surface area contributed by atoms with Crippen LogP contribution in [0.4, 0.5) is 17.6 Å². The second kappa shape index (κ2) is 4.38. The van der Waals surface area contributed by atoms with Gasteiger partial charge in [0.15, 0.2) is 11.6 Å². The lowest BCUT2D eigenvalue weighted by atomic mass is 10.2. The summed E-state index contributed by atoms with van der Waals surface area (Å²) in [5.41, 5.74) is -1.11. The summed E-state index contributed by atoms with van der Waals surface area (Å²) >= 11 is 2.80. The first-order valence-electron chi connectivity index (χ1n) is 4.05. The predicted octanol–water partition coefficient (Wildman–Crippen LogP) is 4.01. The first-order valence-corrected chi connectivity index (χ1v) is 4.84. The molecule has 0 aliphatic carbocycles. The van der Waals surface area contributed by atoms with Crippen LogP contribution in [0.1, 0.15) is 12.5 Å². The third kappa shape index (κ3) is 2.84. The van der Waals surface area contributed by atoms with Gasteiger partial charge in [-0.15, -0.1) is 0 Å². The van der Waals surface area contributed by atoms with Crippen LogP contribution in [0.15, 0.2) is 16.6 Å². The molecular formula is C9H7BrF4O. The first kappa shape index (κ1) is 12.3. The molecule has 0 heterocycles. The Morgan fingerprint density at radius 3 is 2.40 bits per heavy atom. The van der Waals surface area contributed by atoms with E-state index in [1.54, 1.807) is 0 Å². The second-order valence-electron chi connectivity index (χ2n) is 2.70. The van der Waals surface area contributed by atoms with Crippen molar-refractivity contribution in [2.24, 2.45) is 0 Å². The van der Waals surface area contributed by atoms with Crippen molar-refractivity contribution in [1.82, 2.24) is 0 Å². The van der Waals surface area contributed by atoms with E-state index in [1.807, 2.05) is 0 Å². The summed E-state index contributed by atoms with van der Waals surface area (Å²) in [5, 5.41) is 0. The summed E-state index contributed by atoms with van der Waals surface area (Å²) in [6.45, 7) is 1.46. The third-order valence-corrected chi connectivity index (χ3v) is 2.06. The van der Waals surface area contributed by atoms with Crippen LogP contribution in [0.25, 0.3) is 0 Å². The van der Waals surface area contributed by atoms with Crippen LogP contribution in [0.2, 0.25) is 0 Å². The van der Waals surface area contributed by atoms with Gasteiger partial charge in [-0.1, -0.05) is 15.9 Å².